The Morgan fingerprint density at radius 1 is 1.27 bits per heavy atom. The lowest BCUT2D eigenvalue weighted by molar-refractivity contribution is -0.120. The summed E-state index contributed by atoms with van der Waals surface area (Å²) in [6, 6.07) is 7.95. The zero-order chi connectivity index (χ0) is 16.8. The van der Waals surface area contributed by atoms with Gasteiger partial charge in [-0.15, -0.1) is 0 Å². The Morgan fingerprint density at radius 3 is 2.41 bits per heavy atom. The van der Waals surface area contributed by atoms with Gasteiger partial charge in [0.2, 0.25) is 15.9 Å². The molecule has 124 valence electrons. The minimum atomic E-state index is -3.17. The highest BCUT2D eigenvalue weighted by molar-refractivity contribution is 7.88. The average molecular weight is 327 g/mol. The van der Waals surface area contributed by atoms with Crippen LogP contribution in [0.25, 0.3) is 0 Å². The molecule has 0 aliphatic rings. The van der Waals surface area contributed by atoms with Crippen LogP contribution in [0.2, 0.25) is 0 Å². The molecule has 1 aromatic rings. The third-order valence-corrected chi connectivity index (χ3v) is 4.72. The van der Waals surface area contributed by atoms with E-state index in [-0.39, 0.29) is 18.5 Å². The molecular formula is C15H25N3O3S. The van der Waals surface area contributed by atoms with Crippen LogP contribution in [0.5, 0.6) is 0 Å². The van der Waals surface area contributed by atoms with Crippen LogP contribution in [0.3, 0.4) is 0 Å². The van der Waals surface area contributed by atoms with Gasteiger partial charge in [-0.05, 0) is 19.4 Å². The number of rotatable bonds is 8. The van der Waals surface area contributed by atoms with Gasteiger partial charge >= 0.3 is 0 Å². The molecule has 1 amide bonds. The van der Waals surface area contributed by atoms with Crippen LogP contribution in [0.15, 0.2) is 24.3 Å². The van der Waals surface area contributed by atoms with Crippen LogP contribution >= 0.6 is 0 Å². The first-order chi connectivity index (χ1) is 10.2. The lowest BCUT2D eigenvalue weighted by atomic mass is 10.1. The summed E-state index contributed by atoms with van der Waals surface area (Å²) in [6.45, 7) is 4.87. The van der Waals surface area contributed by atoms with E-state index in [1.807, 2.05) is 38.1 Å². The van der Waals surface area contributed by atoms with Crippen LogP contribution < -0.4 is 10.6 Å². The molecule has 0 aliphatic carbocycles. The molecule has 1 unspecified atom stereocenters. The third kappa shape index (κ3) is 6.55. The number of carbonyl (C=O) groups excluding carboxylic acids is 1. The molecule has 0 saturated carbocycles. The van der Waals surface area contributed by atoms with Crippen molar-refractivity contribution in [2.24, 2.45) is 0 Å². The maximum Gasteiger partial charge on any atom is 0.234 e. The summed E-state index contributed by atoms with van der Waals surface area (Å²) in [5.41, 5.74) is 2.23. The van der Waals surface area contributed by atoms with E-state index in [2.05, 4.69) is 10.6 Å². The fourth-order valence-corrected chi connectivity index (χ4v) is 2.26. The van der Waals surface area contributed by atoms with Gasteiger partial charge in [0.1, 0.15) is 0 Å². The van der Waals surface area contributed by atoms with Crippen molar-refractivity contribution in [2.75, 3.05) is 32.9 Å². The molecule has 7 heteroatoms. The van der Waals surface area contributed by atoms with Crippen LogP contribution in [0.4, 0.5) is 0 Å². The van der Waals surface area contributed by atoms with Crippen molar-refractivity contribution in [3.63, 3.8) is 0 Å². The maximum absolute atomic E-state index is 11.8. The summed E-state index contributed by atoms with van der Waals surface area (Å²) in [6.07, 6.45) is 1.16. The summed E-state index contributed by atoms with van der Waals surface area (Å²) in [4.78, 5) is 11.8. The summed E-state index contributed by atoms with van der Waals surface area (Å²) in [7, 11) is -1.66. The molecule has 1 atom stereocenters. The van der Waals surface area contributed by atoms with Crippen LogP contribution in [0.1, 0.15) is 24.1 Å². The normalized spacial score (nSPS) is 13.1. The monoisotopic (exact) mass is 327 g/mol. The lowest BCUT2D eigenvalue weighted by Gasteiger charge is -2.16. The van der Waals surface area contributed by atoms with Crippen LogP contribution in [-0.2, 0) is 14.8 Å². The van der Waals surface area contributed by atoms with Crippen molar-refractivity contribution >= 4 is 15.9 Å². The van der Waals surface area contributed by atoms with E-state index in [0.717, 1.165) is 11.8 Å². The van der Waals surface area contributed by atoms with E-state index in [1.54, 1.807) is 0 Å². The highest BCUT2D eigenvalue weighted by Gasteiger charge is 2.11. The fourth-order valence-electron chi connectivity index (χ4n) is 1.84. The summed E-state index contributed by atoms with van der Waals surface area (Å²) >= 11 is 0. The second-order valence-electron chi connectivity index (χ2n) is 5.46. The van der Waals surface area contributed by atoms with E-state index in [0.29, 0.717) is 13.1 Å². The molecular weight excluding hydrogens is 302 g/mol. The van der Waals surface area contributed by atoms with Crippen molar-refractivity contribution < 1.29 is 13.2 Å². The first kappa shape index (κ1) is 18.6. The van der Waals surface area contributed by atoms with Gasteiger partial charge in [-0.2, -0.15) is 0 Å². The largest absolute Gasteiger partial charge is 0.348 e. The Morgan fingerprint density at radius 2 is 1.86 bits per heavy atom. The molecule has 1 rings (SSSR count). The molecule has 22 heavy (non-hydrogen) atoms. The maximum atomic E-state index is 11.8. The number of benzene rings is 1. The smallest absolute Gasteiger partial charge is 0.234 e. The summed E-state index contributed by atoms with van der Waals surface area (Å²) in [5.74, 6) is -0.116. The first-order valence-corrected chi connectivity index (χ1v) is 9.03. The molecule has 0 aromatic heterocycles. The molecule has 1 aromatic carbocycles. The fraction of sp³-hybridized carbons (Fsp3) is 0.533. The molecule has 0 heterocycles. The first-order valence-electron chi connectivity index (χ1n) is 7.18. The van der Waals surface area contributed by atoms with Gasteiger partial charge in [0, 0.05) is 20.1 Å². The van der Waals surface area contributed by atoms with Gasteiger partial charge in [0.15, 0.2) is 0 Å². The zero-order valence-corrected chi connectivity index (χ0v) is 14.4. The van der Waals surface area contributed by atoms with Gasteiger partial charge in [-0.1, -0.05) is 29.8 Å². The average Bonchev–Trinajstić information content (AvgIpc) is 2.42. The van der Waals surface area contributed by atoms with Crippen molar-refractivity contribution in [3.05, 3.63) is 35.4 Å². The van der Waals surface area contributed by atoms with E-state index in [4.69, 9.17) is 0 Å². The van der Waals surface area contributed by atoms with Crippen LogP contribution in [0, 0.1) is 6.92 Å². The van der Waals surface area contributed by atoms with Gasteiger partial charge in [-0.3, -0.25) is 4.79 Å². The standard InChI is InChI=1S/C15H25N3O3S/c1-12-5-7-14(8-6-12)13(2)17-15(19)11-16-9-10-18(3)22(4,20)21/h5-8,13,16H,9-11H2,1-4H3,(H,17,19). The minimum Gasteiger partial charge on any atom is -0.348 e. The van der Waals surface area contributed by atoms with Crippen molar-refractivity contribution in [2.45, 2.75) is 19.9 Å². The van der Waals surface area contributed by atoms with Gasteiger partial charge in [0.05, 0.1) is 18.8 Å². The van der Waals surface area contributed by atoms with Gasteiger partial charge in [-0.25, -0.2) is 12.7 Å². The number of sulfonamides is 1. The number of nitrogens with one attached hydrogen (secondary N) is 2. The number of hydrogen-bond acceptors (Lipinski definition) is 4. The van der Waals surface area contributed by atoms with Crippen molar-refractivity contribution in [1.29, 1.82) is 0 Å². The van der Waals surface area contributed by atoms with E-state index in [9.17, 15) is 13.2 Å². The highest BCUT2D eigenvalue weighted by Crippen LogP contribution is 2.12. The van der Waals surface area contributed by atoms with Crippen molar-refractivity contribution in [1.82, 2.24) is 14.9 Å². The van der Waals surface area contributed by atoms with E-state index < -0.39 is 10.0 Å². The summed E-state index contributed by atoms with van der Waals surface area (Å²) < 4.78 is 23.7. The number of hydrogen-bond donors (Lipinski definition) is 2. The minimum absolute atomic E-state index is 0.0615. The number of carbonyl (C=O) groups is 1. The predicted molar refractivity (Wildman–Crippen MR) is 88.1 cm³/mol. The lowest BCUT2D eigenvalue weighted by Crippen LogP contribution is -2.39. The summed E-state index contributed by atoms with van der Waals surface area (Å²) in [5, 5.41) is 5.84. The number of amides is 1. The second-order valence-corrected chi connectivity index (χ2v) is 7.55. The molecule has 0 radical (unpaired) electrons. The van der Waals surface area contributed by atoms with E-state index >= 15 is 0 Å². The number of likely N-dealkylation sites (N-methyl/N-ethyl adjacent to an activating group) is 1. The number of aryl methyl sites for hydroxylation is 1. The Labute approximate surface area is 132 Å². The molecule has 0 fully saturated rings. The molecule has 0 bridgehead atoms. The molecule has 0 saturated heterocycles. The Hall–Kier alpha value is -1.44. The zero-order valence-electron chi connectivity index (χ0n) is 13.6. The SMILES string of the molecule is Cc1ccc(C(C)NC(=O)CNCCN(C)S(C)(=O)=O)cc1. The quantitative estimate of drug-likeness (QED) is 0.687. The predicted octanol–water partition coefficient (Wildman–Crippen LogP) is 0.653. The van der Waals surface area contributed by atoms with Gasteiger partial charge in [0.25, 0.3) is 0 Å². The molecule has 0 aliphatic heterocycles. The molecule has 2 N–H and O–H groups in total. The van der Waals surface area contributed by atoms with E-state index in [1.165, 1.54) is 16.9 Å². The van der Waals surface area contributed by atoms with Gasteiger partial charge < -0.3 is 10.6 Å². The Bertz CT molecular complexity index is 585. The Balaban J connectivity index is 2.30. The molecule has 6 nitrogen and oxygen atoms in total. The highest BCUT2D eigenvalue weighted by atomic mass is 32.2. The number of nitrogens with zero attached hydrogens (tertiary/aromatic N) is 1. The van der Waals surface area contributed by atoms with Crippen molar-refractivity contribution in [3.8, 4) is 0 Å². The Kier molecular flexibility index (Phi) is 6.99. The van der Waals surface area contributed by atoms with Crippen LogP contribution in [-0.4, -0.2) is 51.6 Å². The third-order valence-electron chi connectivity index (χ3n) is 3.41. The second kappa shape index (κ2) is 8.26. The molecule has 0 spiro atoms. The topological polar surface area (TPSA) is 78.5 Å².